The lowest BCUT2D eigenvalue weighted by Gasteiger charge is -2.27. The van der Waals surface area contributed by atoms with E-state index in [1.165, 1.54) is 6.92 Å². The van der Waals surface area contributed by atoms with Crippen molar-refractivity contribution in [3.63, 3.8) is 0 Å². The second kappa shape index (κ2) is 30.6. The zero-order valence-electron chi connectivity index (χ0n) is 35.9. The van der Waals surface area contributed by atoms with Crippen molar-refractivity contribution in [1.29, 1.82) is 0 Å². The Balaban J connectivity index is 1.61. The van der Waals surface area contributed by atoms with Gasteiger partial charge in [-0.3, -0.25) is 64.5 Å². The number of rotatable bonds is 29. The van der Waals surface area contributed by atoms with E-state index >= 15 is 0 Å². The van der Waals surface area contributed by atoms with Crippen LogP contribution < -0.4 is 26.7 Å². The number of pyridine rings is 2. The third-order valence-electron chi connectivity index (χ3n) is 9.15. The third-order valence-corrected chi connectivity index (χ3v) is 9.15. The first kappa shape index (κ1) is 52.7. The summed E-state index contributed by atoms with van der Waals surface area (Å²) in [5.74, 6) is -4.08. The van der Waals surface area contributed by atoms with E-state index in [1.54, 1.807) is 48.8 Å². The molecular weight excluding hydrogens is 823 g/mol. The maximum absolute atomic E-state index is 12.7. The summed E-state index contributed by atoms with van der Waals surface area (Å²) in [4.78, 5) is 106. The molecule has 22 nitrogen and oxygen atoms in total. The average molecular weight is 884 g/mol. The predicted octanol–water partition coefficient (Wildman–Crippen LogP) is 2.27. The molecule has 0 aliphatic heterocycles. The van der Waals surface area contributed by atoms with Crippen LogP contribution in [0.3, 0.4) is 0 Å². The SMILES string of the molecule is CCCCC(NC(=O)CCC(=O)N(O)CCCCCNC(=O)CCC(=O)NC(=O)NN=C(c1ccccn1)c1ccccn1)N(O)C(=O)CCC(=O)NCCCCCN(O)C(C)=O. The van der Waals surface area contributed by atoms with Gasteiger partial charge in [-0.25, -0.2) is 25.4 Å². The highest BCUT2D eigenvalue weighted by Crippen LogP contribution is 2.10. The lowest BCUT2D eigenvalue weighted by Crippen LogP contribution is -2.49. The van der Waals surface area contributed by atoms with Crippen molar-refractivity contribution >= 4 is 53.1 Å². The second-order valence-corrected chi connectivity index (χ2v) is 14.3. The number of hydrogen-bond donors (Lipinski definition) is 8. The van der Waals surface area contributed by atoms with Crippen LogP contribution in [-0.4, -0.2) is 126 Å². The van der Waals surface area contributed by atoms with Gasteiger partial charge in [-0.05, 0) is 75.6 Å². The number of hydroxylamine groups is 6. The molecular formula is C41H61N11O11. The van der Waals surface area contributed by atoms with Crippen LogP contribution in [0.1, 0.15) is 122 Å². The maximum atomic E-state index is 12.7. The second-order valence-electron chi connectivity index (χ2n) is 14.3. The van der Waals surface area contributed by atoms with Gasteiger partial charge >= 0.3 is 6.03 Å². The first-order valence-corrected chi connectivity index (χ1v) is 21.0. The van der Waals surface area contributed by atoms with Gasteiger partial charge in [0.1, 0.15) is 11.9 Å². The van der Waals surface area contributed by atoms with Crippen LogP contribution in [0.2, 0.25) is 0 Å². The highest BCUT2D eigenvalue weighted by atomic mass is 16.5. The number of nitrogens with one attached hydrogen (secondary N) is 5. The topological polar surface area (TPSA) is 305 Å². The van der Waals surface area contributed by atoms with Gasteiger partial charge in [0.25, 0.3) is 0 Å². The summed E-state index contributed by atoms with van der Waals surface area (Å²) in [6.45, 7) is 3.90. The van der Waals surface area contributed by atoms with Crippen LogP contribution in [0, 0.1) is 0 Å². The highest BCUT2D eigenvalue weighted by molar-refractivity contribution is 6.10. The first-order chi connectivity index (χ1) is 30.2. The molecule has 2 aromatic heterocycles. The van der Waals surface area contributed by atoms with Gasteiger partial charge in [-0.1, -0.05) is 25.5 Å². The Morgan fingerprint density at radius 1 is 0.635 bits per heavy atom. The molecule has 0 aliphatic carbocycles. The minimum atomic E-state index is -1.09. The summed E-state index contributed by atoms with van der Waals surface area (Å²) in [6, 6.07) is 9.42. The van der Waals surface area contributed by atoms with Crippen LogP contribution in [-0.2, 0) is 33.6 Å². The maximum Gasteiger partial charge on any atom is 0.341 e. The number of amides is 9. The molecule has 1 unspecified atom stereocenters. The number of hydrazone groups is 1. The molecule has 0 radical (unpaired) electrons. The smallest absolute Gasteiger partial charge is 0.341 e. The Hall–Kier alpha value is -6.39. The zero-order chi connectivity index (χ0) is 46.4. The van der Waals surface area contributed by atoms with Crippen molar-refractivity contribution in [1.82, 2.24) is 51.9 Å². The van der Waals surface area contributed by atoms with E-state index in [1.807, 2.05) is 6.92 Å². The molecule has 0 fully saturated rings. The molecule has 0 bridgehead atoms. The van der Waals surface area contributed by atoms with Gasteiger partial charge in [0, 0.05) is 84.0 Å². The van der Waals surface area contributed by atoms with E-state index in [4.69, 9.17) is 0 Å². The van der Waals surface area contributed by atoms with Crippen LogP contribution >= 0.6 is 0 Å². The summed E-state index contributed by atoms with van der Waals surface area (Å²) in [6.07, 6.45) is 5.13. The Kier molecular flexibility index (Phi) is 25.6. The highest BCUT2D eigenvalue weighted by Gasteiger charge is 2.25. The number of hydrogen-bond acceptors (Lipinski definition) is 14. The number of carbonyl (C=O) groups is 8. The van der Waals surface area contributed by atoms with Crippen molar-refractivity contribution < 1.29 is 54.0 Å². The van der Waals surface area contributed by atoms with E-state index in [0.717, 1.165) is 0 Å². The van der Waals surface area contributed by atoms with Crippen molar-refractivity contribution in [3.05, 3.63) is 60.2 Å². The quantitative estimate of drug-likeness (QED) is 0.0192. The normalized spacial score (nSPS) is 11.0. The standard InChI is InChI=1S/C41H61N11O11/c1-3-4-17-33(52(63)39(59)23-20-35(55)45-27-9-5-13-28-50(61)30(2)53)46-36(56)21-22-38(58)51(62)29-14-6-10-26-44-34(54)18-19-37(57)47-41(60)49-48-40(31-15-7-11-24-42-31)32-16-8-12-25-43-32/h7-8,11-12,15-16,24-25,33,61-63H,3-6,9-10,13-14,17-23,26-29H2,1-2H3,(H,44,54)(H,45,55)(H,46,56)(H2,47,49,57,60). The predicted molar refractivity (Wildman–Crippen MR) is 225 cm³/mol. The fourth-order valence-corrected chi connectivity index (χ4v) is 5.61. The lowest BCUT2D eigenvalue weighted by molar-refractivity contribution is -0.181. The molecule has 2 heterocycles. The van der Waals surface area contributed by atoms with Crippen LogP contribution in [0.15, 0.2) is 53.9 Å². The number of carbonyl (C=O) groups excluding carboxylic acids is 8. The molecule has 1 atom stereocenters. The van der Waals surface area contributed by atoms with E-state index in [0.29, 0.717) is 84.5 Å². The number of nitrogens with zero attached hydrogens (tertiary/aromatic N) is 6. The molecule has 0 aromatic carbocycles. The molecule has 346 valence electrons. The number of imide groups is 1. The number of urea groups is 1. The molecule has 0 spiro atoms. The molecule has 63 heavy (non-hydrogen) atoms. The van der Waals surface area contributed by atoms with Crippen LogP contribution in [0.4, 0.5) is 4.79 Å². The molecule has 2 rings (SSSR count). The molecule has 2 aromatic rings. The number of aromatic nitrogens is 2. The molecule has 9 amide bonds. The third kappa shape index (κ3) is 22.9. The van der Waals surface area contributed by atoms with Crippen LogP contribution in [0.25, 0.3) is 0 Å². The Bertz CT molecular complexity index is 1760. The van der Waals surface area contributed by atoms with Gasteiger partial charge < -0.3 is 16.0 Å². The van der Waals surface area contributed by atoms with Gasteiger partial charge in [0.15, 0.2) is 0 Å². The zero-order valence-corrected chi connectivity index (χ0v) is 35.9. The summed E-state index contributed by atoms with van der Waals surface area (Å²) < 4.78 is 0. The van der Waals surface area contributed by atoms with E-state index < -0.39 is 53.5 Å². The van der Waals surface area contributed by atoms with Crippen molar-refractivity contribution in [2.24, 2.45) is 5.10 Å². The first-order valence-electron chi connectivity index (χ1n) is 21.0. The molecule has 0 aliphatic rings. The summed E-state index contributed by atoms with van der Waals surface area (Å²) in [7, 11) is 0. The van der Waals surface area contributed by atoms with Gasteiger partial charge in [0.05, 0.1) is 11.4 Å². The van der Waals surface area contributed by atoms with E-state index in [9.17, 15) is 54.0 Å². The largest absolute Gasteiger partial charge is 0.356 e. The molecule has 0 saturated heterocycles. The monoisotopic (exact) mass is 883 g/mol. The van der Waals surface area contributed by atoms with Gasteiger partial charge in [-0.15, -0.1) is 0 Å². The van der Waals surface area contributed by atoms with Gasteiger partial charge in [-0.2, -0.15) is 5.10 Å². The van der Waals surface area contributed by atoms with Crippen molar-refractivity contribution in [2.45, 2.75) is 116 Å². The lowest BCUT2D eigenvalue weighted by atomic mass is 10.1. The average Bonchev–Trinajstić information content (AvgIpc) is 3.27. The van der Waals surface area contributed by atoms with E-state index in [2.05, 4.69) is 41.8 Å². The van der Waals surface area contributed by atoms with Crippen molar-refractivity contribution in [2.75, 3.05) is 26.2 Å². The fourth-order valence-electron chi connectivity index (χ4n) is 5.61. The minimum absolute atomic E-state index is 0.0267. The summed E-state index contributed by atoms with van der Waals surface area (Å²) in [5.41, 5.74) is 3.43. The fraction of sp³-hybridized carbons (Fsp3) is 0.537. The minimum Gasteiger partial charge on any atom is -0.356 e. The molecule has 22 heteroatoms. The van der Waals surface area contributed by atoms with Gasteiger partial charge in [0.2, 0.25) is 41.4 Å². The number of unbranched alkanes of at least 4 members (excludes halogenated alkanes) is 5. The summed E-state index contributed by atoms with van der Waals surface area (Å²) in [5, 5.41) is 45.7. The summed E-state index contributed by atoms with van der Waals surface area (Å²) >= 11 is 0. The van der Waals surface area contributed by atoms with E-state index in [-0.39, 0.29) is 70.3 Å². The Labute approximate surface area is 366 Å². The van der Waals surface area contributed by atoms with Crippen LogP contribution in [0.5, 0.6) is 0 Å². The van der Waals surface area contributed by atoms with Crippen molar-refractivity contribution in [3.8, 4) is 0 Å². The Morgan fingerprint density at radius 2 is 1.16 bits per heavy atom. The molecule has 0 saturated carbocycles. The Morgan fingerprint density at radius 3 is 1.70 bits per heavy atom. The molecule has 8 N–H and O–H groups in total.